The molecule has 5 N–H and O–H groups in total. The molecule has 23 nitrogen and oxygen atoms in total. The molecule has 0 spiro atoms. The number of ether oxygens (including phenoxy) is 1. The number of carbonyl (C=O) groups is 6. The number of imide groups is 1. The van der Waals surface area contributed by atoms with E-state index in [1.807, 2.05) is 24.0 Å². The van der Waals surface area contributed by atoms with Gasteiger partial charge in [-0.15, -0.1) is 5.06 Å². The van der Waals surface area contributed by atoms with E-state index >= 15 is 0 Å². The van der Waals surface area contributed by atoms with Gasteiger partial charge in [0.05, 0.1) is 28.5 Å². The molecule has 1 saturated heterocycles. The maximum absolute atomic E-state index is 14.4. The smallest absolute Gasteiger partial charge is 0.344 e. The molecular formula is C51H71N7O16S3. The van der Waals surface area contributed by atoms with Crippen LogP contribution in [0.5, 0.6) is 5.75 Å². The van der Waals surface area contributed by atoms with Crippen molar-refractivity contribution >= 4 is 77.1 Å². The Balaban J connectivity index is 1.32. The number of esters is 1. The number of sulfonamides is 1. The molecule has 0 unspecified atom stereocenters. The molecule has 1 fully saturated rings. The molecule has 4 amide bonds. The topological polar surface area (TPSA) is 322 Å². The average molecular weight is 1130 g/mol. The van der Waals surface area contributed by atoms with E-state index in [0.717, 1.165) is 5.56 Å². The summed E-state index contributed by atoms with van der Waals surface area (Å²) < 4.78 is 97.2. The first-order chi connectivity index (χ1) is 36.3. The molecule has 0 saturated carbocycles. The second-order valence-corrected chi connectivity index (χ2v) is 23.7. The Labute approximate surface area is 451 Å². The quantitative estimate of drug-likeness (QED) is 0.0171. The molecule has 1 aliphatic heterocycles. The fraction of sp³-hybridized carbons (Fsp3) is 0.510. The molecule has 424 valence electrons. The van der Waals surface area contributed by atoms with E-state index in [1.165, 1.54) is 0 Å². The number of hydrogen-bond acceptors (Lipinski definition) is 17. The number of hydrogen-bond donors (Lipinski definition) is 5. The third-order valence-corrected chi connectivity index (χ3v) is 15.2. The van der Waals surface area contributed by atoms with Crippen LogP contribution in [0.3, 0.4) is 0 Å². The summed E-state index contributed by atoms with van der Waals surface area (Å²) in [7, 11) is -10.2. The van der Waals surface area contributed by atoms with Crippen molar-refractivity contribution in [3.8, 4) is 5.75 Å². The number of aliphatic imine (C=N–C) groups is 1. The lowest BCUT2D eigenvalue weighted by atomic mass is 9.91. The van der Waals surface area contributed by atoms with E-state index in [-0.39, 0.29) is 112 Å². The van der Waals surface area contributed by atoms with E-state index in [4.69, 9.17) is 19.1 Å². The summed E-state index contributed by atoms with van der Waals surface area (Å²) in [6.45, 7) is 7.91. The first kappa shape index (κ1) is 63.5. The number of benzene rings is 2. The molecular weight excluding hydrogens is 1060 g/mol. The Kier molecular flexibility index (Phi) is 25.4. The summed E-state index contributed by atoms with van der Waals surface area (Å²) in [5.41, 5.74) is 3.84. The van der Waals surface area contributed by atoms with Gasteiger partial charge in [0.25, 0.3) is 38.0 Å². The van der Waals surface area contributed by atoms with E-state index < -0.39 is 59.8 Å². The first-order valence-electron chi connectivity index (χ1n) is 25.3. The van der Waals surface area contributed by atoms with Crippen molar-refractivity contribution in [1.29, 1.82) is 0 Å². The molecule has 1 heterocycles. The van der Waals surface area contributed by atoms with Gasteiger partial charge in [-0.05, 0) is 133 Å². The van der Waals surface area contributed by atoms with Crippen LogP contribution in [0.2, 0.25) is 0 Å². The van der Waals surface area contributed by atoms with E-state index in [1.54, 1.807) is 74.4 Å². The van der Waals surface area contributed by atoms with Gasteiger partial charge in [-0.25, -0.2) is 22.7 Å². The normalized spacial score (nSPS) is 15.2. The van der Waals surface area contributed by atoms with Gasteiger partial charge >= 0.3 is 11.9 Å². The molecule has 1 aliphatic carbocycles. The van der Waals surface area contributed by atoms with Crippen molar-refractivity contribution in [1.82, 2.24) is 30.2 Å². The second kappa shape index (κ2) is 30.8. The zero-order valence-electron chi connectivity index (χ0n) is 44.0. The summed E-state index contributed by atoms with van der Waals surface area (Å²) in [4.78, 5) is 88.8. The highest BCUT2D eigenvalue weighted by atomic mass is 32.2. The van der Waals surface area contributed by atoms with Crippen LogP contribution in [0.25, 0.3) is 5.57 Å². The van der Waals surface area contributed by atoms with Crippen LogP contribution in [0.15, 0.2) is 71.3 Å². The van der Waals surface area contributed by atoms with Gasteiger partial charge in [-0.1, -0.05) is 42.5 Å². The number of hydroxylamine groups is 2. The minimum atomic E-state index is -4.19. The summed E-state index contributed by atoms with van der Waals surface area (Å²) in [6, 6.07) is 10.5. The highest BCUT2D eigenvalue weighted by Crippen LogP contribution is 2.31. The van der Waals surface area contributed by atoms with Crippen LogP contribution >= 0.6 is 0 Å². The summed E-state index contributed by atoms with van der Waals surface area (Å²) in [6.07, 6.45) is 8.34. The van der Waals surface area contributed by atoms with Gasteiger partial charge in [-0.3, -0.25) is 33.3 Å². The first-order valence-corrected chi connectivity index (χ1v) is 30.1. The number of amides is 4. The van der Waals surface area contributed by atoms with Crippen molar-refractivity contribution < 1.29 is 72.7 Å². The predicted octanol–water partition coefficient (Wildman–Crippen LogP) is 3.04. The van der Waals surface area contributed by atoms with Crippen molar-refractivity contribution in [2.75, 3.05) is 83.2 Å². The summed E-state index contributed by atoms with van der Waals surface area (Å²) >= 11 is 0. The van der Waals surface area contributed by atoms with Crippen LogP contribution in [-0.2, 0) is 59.1 Å². The van der Waals surface area contributed by atoms with Gasteiger partial charge in [-0.2, -0.15) is 16.8 Å². The maximum atomic E-state index is 14.4. The van der Waals surface area contributed by atoms with Gasteiger partial charge in [0.15, 0.2) is 0 Å². The number of nitrogens with zero attached hydrogens (tertiary/aromatic N) is 4. The molecule has 0 bridgehead atoms. The van der Waals surface area contributed by atoms with Crippen molar-refractivity contribution in [3.63, 3.8) is 0 Å². The fourth-order valence-electron chi connectivity index (χ4n) is 8.20. The van der Waals surface area contributed by atoms with Crippen LogP contribution in [0.1, 0.15) is 96.8 Å². The van der Waals surface area contributed by atoms with E-state index in [0.29, 0.717) is 84.2 Å². The minimum absolute atomic E-state index is 0.0000467. The Morgan fingerprint density at radius 2 is 1.30 bits per heavy atom. The molecule has 4 rings (SSSR count). The Bertz CT molecular complexity index is 2880. The van der Waals surface area contributed by atoms with Crippen LogP contribution in [-0.4, -0.2) is 174 Å². The number of allylic oxidation sites excluding steroid dienone is 5. The number of aryl methyl sites for hydroxylation is 3. The number of carbonyl (C=O) groups excluding carboxylic acids is 6. The Morgan fingerprint density at radius 3 is 1.94 bits per heavy atom. The third-order valence-electron chi connectivity index (χ3n) is 12.1. The highest BCUT2D eigenvalue weighted by molar-refractivity contribution is 7.89. The number of rotatable bonds is 33. The van der Waals surface area contributed by atoms with Crippen molar-refractivity contribution in [2.45, 2.75) is 85.0 Å². The largest absolute Gasteiger partial charge is 0.422 e. The lowest BCUT2D eigenvalue weighted by molar-refractivity contribution is -0.197. The third kappa shape index (κ3) is 23.2. The number of likely N-dealkylation sites (N-methyl/N-ethyl adjacent to an activating group) is 1. The average Bonchev–Trinajstić information content (AvgIpc) is 3.66. The van der Waals surface area contributed by atoms with E-state index in [9.17, 15) is 58.6 Å². The molecule has 2 aromatic rings. The van der Waals surface area contributed by atoms with Crippen LogP contribution < -0.4 is 20.1 Å². The molecule has 2 aromatic carbocycles. The zero-order valence-corrected chi connectivity index (χ0v) is 46.4. The molecule has 77 heavy (non-hydrogen) atoms. The van der Waals surface area contributed by atoms with Gasteiger partial charge < -0.3 is 30.0 Å². The maximum Gasteiger partial charge on any atom is 0.344 e. The monoisotopic (exact) mass is 1130 g/mol. The number of nitrogens with one attached hydrogen (secondary N) is 3. The van der Waals surface area contributed by atoms with Crippen molar-refractivity contribution in [3.05, 3.63) is 94.1 Å². The SMILES string of the molecule is Cc1ccccc1/C(C(=O)Oc1c(C)cc(C(=O)NCCCN(CCCNC(=O)CCCC(=O)ON2C(=O)CCC2=O)CCCS(=O)(=O)O)cc1C)=C1/C=CC=C/C1=N\CCCS(=O)(=O)NCCN(C)CCCS(=O)(=O)O. The zero-order chi connectivity index (χ0) is 56.8. The second-order valence-electron chi connectivity index (χ2n) is 18.6. The van der Waals surface area contributed by atoms with Crippen molar-refractivity contribution in [2.24, 2.45) is 4.99 Å². The van der Waals surface area contributed by atoms with Gasteiger partial charge in [0.1, 0.15) is 5.75 Å². The van der Waals surface area contributed by atoms with E-state index in [2.05, 4.69) is 15.4 Å². The Morgan fingerprint density at radius 1 is 0.701 bits per heavy atom. The fourth-order valence-corrected chi connectivity index (χ4v) is 10.2. The molecule has 0 radical (unpaired) electrons. The minimum Gasteiger partial charge on any atom is -0.422 e. The summed E-state index contributed by atoms with van der Waals surface area (Å²) in [5.74, 6) is -4.17. The predicted molar refractivity (Wildman–Crippen MR) is 288 cm³/mol. The lowest BCUT2D eigenvalue weighted by Crippen LogP contribution is -2.35. The molecule has 0 aromatic heterocycles. The van der Waals surface area contributed by atoms with Gasteiger partial charge in [0, 0.05) is 69.5 Å². The molecule has 26 heteroatoms. The standard InChI is InChI=1S/C51H71N7O16S3/c1-37-15-5-6-16-41(37)48(42-17-7-8-18-43(42)52-25-12-32-75(65,66)55-26-31-56(4)27-13-33-76(67,68)69)51(64)73-49-38(2)35-40(36-39(49)3)50(63)54-24-11-29-57(30-14-34-77(70,71)72)28-10-23-53-44(59)19-9-20-47(62)74-58-45(60)21-22-46(58)61/h5-8,15-18,35-36,55H,9-14,19-34H2,1-4H3,(H,53,59)(H,54,63)(H,67,68,69)(H,70,71,72)/b48-42+,52-43+. The van der Waals surface area contributed by atoms with Crippen LogP contribution in [0, 0.1) is 20.8 Å². The molecule has 2 aliphatic rings. The summed E-state index contributed by atoms with van der Waals surface area (Å²) in [5, 5.41) is 6.11. The Hall–Kier alpha value is -6.00. The van der Waals surface area contributed by atoms with Gasteiger partial charge in [0.2, 0.25) is 15.9 Å². The lowest BCUT2D eigenvalue weighted by Gasteiger charge is -2.22. The molecule has 0 atom stereocenters. The highest BCUT2D eigenvalue weighted by Gasteiger charge is 2.33. The van der Waals surface area contributed by atoms with Crippen LogP contribution in [0.4, 0.5) is 0 Å².